The second-order valence-electron chi connectivity index (χ2n) is 5.10. The lowest BCUT2D eigenvalue weighted by atomic mass is 10.1. The molecule has 0 fully saturated rings. The van der Waals surface area contributed by atoms with Gasteiger partial charge in [0, 0.05) is 11.1 Å². The van der Waals surface area contributed by atoms with Gasteiger partial charge in [0.15, 0.2) is 0 Å². The Hall–Kier alpha value is -1.90. The van der Waals surface area contributed by atoms with E-state index in [0.717, 1.165) is 11.1 Å². The molecule has 0 aliphatic heterocycles. The van der Waals surface area contributed by atoms with Gasteiger partial charge in [-0.15, -0.1) is 0 Å². The van der Waals surface area contributed by atoms with Crippen LogP contribution in [-0.4, -0.2) is 11.2 Å². The second-order valence-corrected chi connectivity index (χ2v) is 5.10. The molecule has 2 heteroatoms. The van der Waals surface area contributed by atoms with Crippen molar-refractivity contribution < 1.29 is 4.65 Å². The van der Waals surface area contributed by atoms with E-state index in [-0.39, 0.29) is 4.65 Å². The van der Waals surface area contributed by atoms with Crippen molar-refractivity contribution in [1.29, 1.82) is 0 Å². The van der Waals surface area contributed by atoms with E-state index in [4.69, 9.17) is 0 Å². The number of quaternary nitrogens is 1. The highest BCUT2D eigenvalue weighted by atomic mass is 16.5. The summed E-state index contributed by atoms with van der Waals surface area (Å²) in [6, 6.07) is 20.0. The number of allylic oxidation sites excluding steroid dienone is 1. The molecule has 104 valence electrons. The lowest BCUT2D eigenvalue weighted by Gasteiger charge is -2.42. The van der Waals surface area contributed by atoms with Crippen molar-refractivity contribution in [1.82, 2.24) is 0 Å². The zero-order valence-corrected chi connectivity index (χ0v) is 11.9. The molecule has 0 amide bonds. The highest BCUT2D eigenvalue weighted by molar-refractivity contribution is 5.15. The van der Waals surface area contributed by atoms with Crippen LogP contribution in [0.15, 0.2) is 72.8 Å². The van der Waals surface area contributed by atoms with Crippen molar-refractivity contribution in [3.05, 3.63) is 89.1 Å². The summed E-state index contributed by atoms with van der Waals surface area (Å²) in [4.78, 5) is 0. The average Bonchev–Trinajstić information content (AvgIpc) is 2.47. The maximum absolute atomic E-state index is 13.1. The molecule has 0 aliphatic carbocycles. The fourth-order valence-electron chi connectivity index (χ4n) is 2.31. The molecule has 2 aromatic rings. The molecular weight excluding hydrogens is 246 g/mol. The molecule has 0 aliphatic rings. The minimum Gasteiger partial charge on any atom is -0.632 e. The number of hydrogen-bond donors (Lipinski definition) is 0. The highest BCUT2D eigenvalue weighted by Crippen LogP contribution is 2.18. The van der Waals surface area contributed by atoms with Crippen molar-refractivity contribution in [2.45, 2.75) is 20.0 Å². The van der Waals surface area contributed by atoms with Gasteiger partial charge in [0.25, 0.3) is 0 Å². The number of hydrogen-bond acceptors (Lipinski definition) is 1. The van der Waals surface area contributed by atoms with Crippen LogP contribution in [0.5, 0.6) is 0 Å². The minimum atomic E-state index is -0.252. The molecule has 0 saturated heterocycles. The van der Waals surface area contributed by atoms with Gasteiger partial charge in [-0.1, -0.05) is 66.7 Å². The average molecular weight is 267 g/mol. The number of rotatable bonds is 6. The van der Waals surface area contributed by atoms with Gasteiger partial charge in [0.05, 0.1) is 6.54 Å². The summed E-state index contributed by atoms with van der Waals surface area (Å²) in [7, 11) is 0. The normalized spacial score (nSPS) is 11.9. The van der Waals surface area contributed by atoms with E-state index in [1.807, 2.05) is 79.7 Å². The molecule has 2 rings (SSSR count). The summed E-state index contributed by atoms with van der Waals surface area (Å²) in [5.74, 6) is 0. The van der Waals surface area contributed by atoms with Gasteiger partial charge in [0.2, 0.25) is 0 Å². The Morgan fingerprint density at radius 2 is 1.30 bits per heavy atom. The molecule has 0 bridgehead atoms. The first kappa shape index (κ1) is 14.5. The van der Waals surface area contributed by atoms with Crippen LogP contribution in [0.3, 0.4) is 0 Å². The summed E-state index contributed by atoms with van der Waals surface area (Å²) in [6.45, 7) is 3.45. The van der Waals surface area contributed by atoms with Gasteiger partial charge in [-0.3, -0.25) is 0 Å². The number of benzene rings is 2. The second kappa shape index (κ2) is 7.04. The molecule has 0 heterocycles. The van der Waals surface area contributed by atoms with E-state index in [0.29, 0.717) is 19.6 Å². The summed E-state index contributed by atoms with van der Waals surface area (Å²) in [6.07, 6.45) is 3.90. The van der Waals surface area contributed by atoms with Crippen molar-refractivity contribution >= 4 is 0 Å². The van der Waals surface area contributed by atoms with E-state index in [9.17, 15) is 5.21 Å². The third-order valence-electron chi connectivity index (χ3n) is 3.30. The minimum absolute atomic E-state index is 0.252. The Labute approximate surface area is 121 Å². The molecule has 0 radical (unpaired) electrons. The van der Waals surface area contributed by atoms with Gasteiger partial charge in [0.1, 0.15) is 13.1 Å². The maximum atomic E-state index is 13.1. The van der Waals surface area contributed by atoms with Crippen molar-refractivity contribution in [3.8, 4) is 0 Å². The van der Waals surface area contributed by atoms with Crippen LogP contribution in [-0.2, 0) is 13.1 Å². The van der Waals surface area contributed by atoms with Gasteiger partial charge in [-0.2, -0.15) is 0 Å². The SMILES string of the molecule is C/C=C/C[N+]([O-])(Cc1ccccc1)Cc1ccccc1. The predicted molar refractivity (Wildman–Crippen MR) is 83.6 cm³/mol. The zero-order chi connectivity index (χ0) is 14.3. The fraction of sp³-hybridized carbons (Fsp3) is 0.222. The van der Waals surface area contributed by atoms with Gasteiger partial charge in [-0.05, 0) is 13.0 Å². The Bertz CT molecular complexity index is 492. The first-order valence-corrected chi connectivity index (χ1v) is 6.98. The van der Waals surface area contributed by atoms with E-state index >= 15 is 0 Å². The first-order valence-electron chi connectivity index (χ1n) is 6.98. The van der Waals surface area contributed by atoms with Crippen LogP contribution in [0.25, 0.3) is 0 Å². The Balaban J connectivity index is 2.16. The maximum Gasteiger partial charge on any atom is 0.105 e. The van der Waals surface area contributed by atoms with Crippen LogP contribution in [0.2, 0.25) is 0 Å². The molecule has 0 atom stereocenters. The van der Waals surface area contributed by atoms with Gasteiger partial charge in [-0.25, -0.2) is 0 Å². The quantitative estimate of drug-likeness (QED) is 0.435. The highest BCUT2D eigenvalue weighted by Gasteiger charge is 2.16. The first-order chi connectivity index (χ1) is 9.72. The van der Waals surface area contributed by atoms with Crippen LogP contribution in [0.1, 0.15) is 18.1 Å². The molecule has 2 nitrogen and oxygen atoms in total. The molecule has 20 heavy (non-hydrogen) atoms. The summed E-state index contributed by atoms with van der Waals surface area (Å²) in [5, 5.41) is 13.1. The monoisotopic (exact) mass is 267 g/mol. The Morgan fingerprint density at radius 1 is 0.850 bits per heavy atom. The van der Waals surface area contributed by atoms with Crippen LogP contribution >= 0.6 is 0 Å². The van der Waals surface area contributed by atoms with E-state index in [2.05, 4.69) is 0 Å². The topological polar surface area (TPSA) is 23.1 Å². The van der Waals surface area contributed by atoms with Crippen molar-refractivity contribution in [2.24, 2.45) is 0 Å². The van der Waals surface area contributed by atoms with Crippen molar-refractivity contribution in [2.75, 3.05) is 6.54 Å². The van der Waals surface area contributed by atoms with E-state index in [1.165, 1.54) is 0 Å². The van der Waals surface area contributed by atoms with Crippen LogP contribution in [0, 0.1) is 5.21 Å². The standard InChI is InChI=1S/C18H21NO/c1-2-3-14-19(20,15-17-10-6-4-7-11-17)16-18-12-8-5-9-13-18/h2-13H,14-16H2,1H3/b3-2+. The lowest BCUT2D eigenvalue weighted by Crippen LogP contribution is -2.40. The molecule has 0 unspecified atom stereocenters. The smallest absolute Gasteiger partial charge is 0.105 e. The summed E-state index contributed by atoms with van der Waals surface area (Å²) < 4.78 is -0.252. The fourth-order valence-corrected chi connectivity index (χ4v) is 2.31. The number of nitrogens with zero attached hydrogens (tertiary/aromatic N) is 1. The molecule has 0 N–H and O–H groups in total. The molecule has 0 aromatic heterocycles. The third kappa shape index (κ3) is 4.34. The molecule has 0 spiro atoms. The van der Waals surface area contributed by atoms with E-state index < -0.39 is 0 Å². The van der Waals surface area contributed by atoms with E-state index in [1.54, 1.807) is 0 Å². The third-order valence-corrected chi connectivity index (χ3v) is 3.30. The molecular formula is C18H21NO. The lowest BCUT2D eigenvalue weighted by molar-refractivity contribution is -0.901. The summed E-state index contributed by atoms with van der Waals surface area (Å²) >= 11 is 0. The molecule has 2 aromatic carbocycles. The Morgan fingerprint density at radius 3 is 1.70 bits per heavy atom. The van der Waals surface area contributed by atoms with Crippen LogP contribution in [0.4, 0.5) is 0 Å². The Kier molecular flexibility index (Phi) is 5.10. The molecule has 0 saturated carbocycles. The summed E-state index contributed by atoms with van der Waals surface area (Å²) in [5.41, 5.74) is 2.17. The van der Waals surface area contributed by atoms with Crippen molar-refractivity contribution in [3.63, 3.8) is 0 Å². The van der Waals surface area contributed by atoms with Gasteiger partial charge >= 0.3 is 0 Å². The predicted octanol–water partition coefficient (Wildman–Crippen LogP) is 4.28. The van der Waals surface area contributed by atoms with Crippen LogP contribution < -0.4 is 0 Å². The number of hydroxylamine groups is 3. The zero-order valence-electron chi connectivity index (χ0n) is 11.9. The van der Waals surface area contributed by atoms with Gasteiger partial charge < -0.3 is 9.85 Å². The largest absolute Gasteiger partial charge is 0.632 e.